The zero-order valence-electron chi connectivity index (χ0n) is 15.1. The third kappa shape index (κ3) is 3.01. The number of carboxylic acid groups (broad SMARTS) is 1. The first-order valence-electron chi connectivity index (χ1n) is 9.33. The number of amides is 1. The first-order chi connectivity index (χ1) is 13.5. The van der Waals surface area contributed by atoms with Crippen LogP contribution in [0.4, 0.5) is 5.69 Å². The SMILES string of the molecule is O=C1c2ccccc2C(=O)c2cc(NC(=O)C3CCCCC3C(=O)O)ccc21. The molecule has 2 aliphatic carbocycles. The third-order valence-electron chi connectivity index (χ3n) is 5.61. The second-order valence-corrected chi connectivity index (χ2v) is 7.29. The molecule has 0 bridgehead atoms. The largest absolute Gasteiger partial charge is 0.481 e. The third-order valence-corrected chi connectivity index (χ3v) is 5.61. The number of rotatable bonds is 3. The van der Waals surface area contributed by atoms with Gasteiger partial charge in [-0.2, -0.15) is 0 Å². The van der Waals surface area contributed by atoms with Crippen molar-refractivity contribution in [2.45, 2.75) is 25.7 Å². The number of carbonyl (C=O) groups excluding carboxylic acids is 3. The second-order valence-electron chi connectivity index (χ2n) is 7.29. The summed E-state index contributed by atoms with van der Waals surface area (Å²) in [6.45, 7) is 0. The highest BCUT2D eigenvalue weighted by molar-refractivity contribution is 6.28. The van der Waals surface area contributed by atoms with Gasteiger partial charge < -0.3 is 10.4 Å². The molecule has 2 aromatic rings. The van der Waals surface area contributed by atoms with Gasteiger partial charge in [-0.3, -0.25) is 19.2 Å². The lowest BCUT2D eigenvalue weighted by Gasteiger charge is -2.27. The van der Waals surface area contributed by atoms with Crippen molar-refractivity contribution in [1.29, 1.82) is 0 Å². The zero-order chi connectivity index (χ0) is 19.8. The number of benzene rings is 2. The minimum atomic E-state index is -0.956. The first-order valence-corrected chi connectivity index (χ1v) is 9.33. The molecular formula is C22H19NO5. The van der Waals surface area contributed by atoms with E-state index in [0.717, 1.165) is 12.8 Å². The van der Waals surface area contributed by atoms with Gasteiger partial charge in [0.05, 0.1) is 11.8 Å². The van der Waals surface area contributed by atoms with Crippen molar-refractivity contribution >= 4 is 29.1 Å². The number of nitrogens with one attached hydrogen (secondary N) is 1. The van der Waals surface area contributed by atoms with Gasteiger partial charge in [0, 0.05) is 27.9 Å². The predicted molar refractivity (Wildman–Crippen MR) is 101 cm³/mol. The molecule has 1 fully saturated rings. The van der Waals surface area contributed by atoms with E-state index in [9.17, 15) is 24.3 Å². The lowest BCUT2D eigenvalue weighted by Crippen LogP contribution is -2.36. The van der Waals surface area contributed by atoms with Crippen molar-refractivity contribution < 1.29 is 24.3 Å². The van der Waals surface area contributed by atoms with E-state index < -0.39 is 17.8 Å². The van der Waals surface area contributed by atoms with Crippen molar-refractivity contribution in [3.63, 3.8) is 0 Å². The Labute approximate surface area is 161 Å². The van der Waals surface area contributed by atoms with Crippen LogP contribution < -0.4 is 5.32 Å². The standard InChI is InChI=1S/C22H19NO5/c24-19-13-5-1-2-6-14(13)20(25)18-11-12(9-10-15(18)19)23-21(26)16-7-3-4-8-17(16)22(27)28/h1-2,5-6,9-11,16-17H,3-4,7-8H2,(H,23,26)(H,27,28). The van der Waals surface area contributed by atoms with Crippen LogP contribution in [0.5, 0.6) is 0 Å². The van der Waals surface area contributed by atoms with Gasteiger partial charge >= 0.3 is 5.97 Å². The molecule has 28 heavy (non-hydrogen) atoms. The summed E-state index contributed by atoms with van der Waals surface area (Å²) < 4.78 is 0. The molecule has 2 N–H and O–H groups in total. The second kappa shape index (κ2) is 7.03. The van der Waals surface area contributed by atoms with Crippen LogP contribution in [0.25, 0.3) is 0 Å². The van der Waals surface area contributed by atoms with Crippen LogP contribution in [0.3, 0.4) is 0 Å². The Morgan fingerprint density at radius 1 is 0.821 bits per heavy atom. The molecule has 0 saturated heterocycles. The number of aliphatic carboxylic acids is 1. The Hall–Kier alpha value is -3.28. The first kappa shape index (κ1) is 18.1. The number of ketones is 2. The molecule has 1 saturated carbocycles. The Kier molecular flexibility index (Phi) is 4.55. The van der Waals surface area contributed by atoms with Crippen LogP contribution in [0.2, 0.25) is 0 Å². The van der Waals surface area contributed by atoms with Gasteiger partial charge in [-0.05, 0) is 31.0 Å². The van der Waals surface area contributed by atoms with Crippen LogP contribution in [0.15, 0.2) is 42.5 Å². The molecule has 2 atom stereocenters. The van der Waals surface area contributed by atoms with Gasteiger partial charge in [0.1, 0.15) is 0 Å². The molecule has 0 aromatic heterocycles. The van der Waals surface area contributed by atoms with E-state index in [1.807, 2.05) is 0 Å². The van der Waals surface area contributed by atoms with E-state index in [-0.39, 0.29) is 23.0 Å². The molecular weight excluding hydrogens is 358 g/mol. The zero-order valence-corrected chi connectivity index (χ0v) is 15.1. The average molecular weight is 377 g/mol. The number of fused-ring (bicyclic) bond motifs is 2. The van der Waals surface area contributed by atoms with Gasteiger partial charge in [0.15, 0.2) is 11.6 Å². The number of anilines is 1. The van der Waals surface area contributed by atoms with E-state index in [1.165, 1.54) is 12.1 Å². The van der Waals surface area contributed by atoms with E-state index in [4.69, 9.17) is 0 Å². The molecule has 4 rings (SSSR count). The summed E-state index contributed by atoms with van der Waals surface area (Å²) >= 11 is 0. The van der Waals surface area contributed by atoms with E-state index in [2.05, 4.69) is 5.32 Å². The van der Waals surface area contributed by atoms with Crippen LogP contribution in [-0.2, 0) is 9.59 Å². The van der Waals surface area contributed by atoms with Gasteiger partial charge in [-0.25, -0.2) is 0 Å². The predicted octanol–water partition coefficient (Wildman–Crippen LogP) is 3.29. The Morgan fingerprint density at radius 3 is 2.04 bits per heavy atom. The number of hydrogen-bond acceptors (Lipinski definition) is 4. The number of carboxylic acids is 1. The van der Waals surface area contributed by atoms with Crippen LogP contribution in [0.1, 0.15) is 57.5 Å². The van der Waals surface area contributed by atoms with Gasteiger partial charge in [0.2, 0.25) is 5.91 Å². The highest BCUT2D eigenvalue weighted by Crippen LogP contribution is 2.33. The minimum Gasteiger partial charge on any atom is -0.481 e. The lowest BCUT2D eigenvalue weighted by atomic mass is 9.78. The van der Waals surface area contributed by atoms with Crippen molar-refractivity contribution in [3.8, 4) is 0 Å². The molecule has 2 unspecified atom stereocenters. The maximum atomic E-state index is 12.8. The van der Waals surface area contributed by atoms with E-state index >= 15 is 0 Å². The van der Waals surface area contributed by atoms with E-state index in [1.54, 1.807) is 30.3 Å². The van der Waals surface area contributed by atoms with Gasteiger partial charge in [-0.1, -0.05) is 37.1 Å². The molecule has 2 aliphatic rings. The lowest BCUT2D eigenvalue weighted by molar-refractivity contribution is -0.147. The summed E-state index contributed by atoms with van der Waals surface area (Å²) in [5, 5.41) is 12.1. The van der Waals surface area contributed by atoms with E-state index in [0.29, 0.717) is 35.2 Å². The molecule has 142 valence electrons. The fourth-order valence-corrected chi connectivity index (χ4v) is 4.15. The molecule has 0 radical (unpaired) electrons. The van der Waals surface area contributed by atoms with Crippen molar-refractivity contribution in [2.75, 3.05) is 5.32 Å². The Morgan fingerprint density at radius 2 is 1.39 bits per heavy atom. The maximum Gasteiger partial charge on any atom is 0.307 e. The minimum absolute atomic E-state index is 0.221. The highest BCUT2D eigenvalue weighted by atomic mass is 16.4. The monoisotopic (exact) mass is 377 g/mol. The summed E-state index contributed by atoms with van der Waals surface area (Å²) in [7, 11) is 0. The number of hydrogen-bond donors (Lipinski definition) is 2. The summed E-state index contributed by atoms with van der Waals surface area (Å²) in [6.07, 6.45) is 2.63. The summed E-state index contributed by atoms with van der Waals surface area (Å²) in [5.74, 6) is -3.09. The average Bonchev–Trinajstić information content (AvgIpc) is 2.72. The smallest absolute Gasteiger partial charge is 0.307 e. The van der Waals surface area contributed by atoms with Crippen LogP contribution >= 0.6 is 0 Å². The molecule has 0 heterocycles. The maximum absolute atomic E-state index is 12.8. The summed E-state index contributed by atoms with van der Waals surface area (Å²) in [4.78, 5) is 49.6. The highest BCUT2D eigenvalue weighted by Gasteiger charge is 2.36. The van der Waals surface area contributed by atoms with Crippen molar-refractivity contribution in [3.05, 3.63) is 64.7 Å². The van der Waals surface area contributed by atoms with Crippen LogP contribution in [-0.4, -0.2) is 28.5 Å². The van der Waals surface area contributed by atoms with Crippen molar-refractivity contribution in [2.24, 2.45) is 11.8 Å². The summed E-state index contributed by atoms with van der Waals surface area (Å²) in [6, 6.07) is 11.3. The molecule has 2 aromatic carbocycles. The fraction of sp³-hybridized carbons (Fsp3) is 0.273. The molecule has 0 spiro atoms. The molecule has 1 amide bonds. The Balaban J connectivity index is 1.61. The number of carbonyl (C=O) groups is 4. The van der Waals surface area contributed by atoms with Gasteiger partial charge in [-0.15, -0.1) is 0 Å². The normalized spacial score (nSPS) is 20.9. The topological polar surface area (TPSA) is 101 Å². The van der Waals surface area contributed by atoms with Crippen molar-refractivity contribution in [1.82, 2.24) is 0 Å². The fourth-order valence-electron chi connectivity index (χ4n) is 4.15. The summed E-state index contributed by atoms with van der Waals surface area (Å²) in [5.41, 5.74) is 1.67. The van der Waals surface area contributed by atoms with Gasteiger partial charge in [0.25, 0.3) is 0 Å². The molecule has 6 nitrogen and oxygen atoms in total. The Bertz CT molecular complexity index is 1010. The van der Waals surface area contributed by atoms with Crippen LogP contribution in [0, 0.1) is 11.8 Å². The molecule has 6 heteroatoms. The molecule has 0 aliphatic heterocycles. The quantitative estimate of drug-likeness (QED) is 0.729.